The van der Waals surface area contributed by atoms with Gasteiger partial charge in [0.05, 0.1) is 17.5 Å². The molecule has 2 heterocycles. The molecule has 1 saturated carbocycles. The van der Waals surface area contributed by atoms with Crippen LogP contribution in [0.3, 0.4) is 0 Å². The van der Waals surface area contributed by atoms with Gasteiger partial charge in [-0.1, -0.05) is 29.8 Å². The maximum atomic E-state index is 15.3. The molecule has 2 saturated heterocycles. The first-order valence-electron chi connectivity index (χ1n) is 17.2. The van der Waals surface area contributed by atoms with Gasteiger partial charge in [0.25, 0.3) is 11.8 Å². The summed E-state index contributed by atoms with van der Waals surface area (Å²) in [6, 6.07) is 17.2. The smallest absolute Gasteiger partial charge is 0.508 e. The molecule has 2 N–H and O–H groups in total. The Labute approximate surface area is 331 Å². The summed E-state index contributed by atoms with van der Waals surface area (Å²) in [5.41, 5.74) is -1.35. The van der Waals surface area contributed by atoms with Gasteiger partial charge in [-0.3, -0.25) is 24.1 Å². The second-order valence-electron chi connectivity index (χ2n) is 14.0. The highest BCUT2D eigenvalue weighted by molar-refractivity contribution is 6.58. The second kappa shape index (κ2) is 13.4. The van der Waals surface area contributed by atoms with Gasteiger partial charge in [-0.2, -0.15) is 0 Å². The minimum absolute atomic E-state index is 0.0993. The summed E-state index contributed by atoms with van der Waals surface area (Å²) in [5.74, 6) is -26.0. The predicted octanol–water partition coefficient (Wildman–Crippen LogP) is 8.50. The number of para-hydroxylation sites is 1. The number of rotatable bonds is 6. The van der Waals surface area contributed by atoms with E-state index < -0.39 is 127 Å². The van der Waals surface area contributed by atoms with Gasteiger partial charge >= 0.3 is 6.36 Å². The highest BCUT2D eigenvalue weighted by Gasteiger charge is 2.77. The van der Waals surface area contributed by atoms with E-state index in [4.69, 9.17) is 23.2 Å². The molecule has 0 radical (unpaired) electrons. The molecule has 4 aliphatic rings. The Bertz CT molecular complexity index is 2460. The van der Waals surface area contributed by atoms with Crippen molar-refractivity contribution < 1.29 is 64.1 Å². The Kier molecular flexibility index (Phi) is 9.08. The minimum atomic E-state index is -5.30. The van der Waals surface area contributed by atoms with E-state index in [0.717, 1.165) is 10.6 Å². The highest BCUT2D eigenvalue weighted by atomic mass is 35.5. The maximum absolute atomic E-state index is 15.3. The number of allylic oxidation sites excluding steroid dienone is 2. The van der Waals surface area contributed by atoms with Gasteiger partial charge in [-0.15, -0.1) is 36.4 Å². The van der Waals surface area contributed by atoms with Crippen molar-refractivity contribution in [3.05, 3.63) is 119 Å². The Hall–Kier alpha value is -5.68. The fourth-order valence-corrected chi connectivity index (χ4v) is 9.44. The van der Waals surface area contributed by atoms with Gasteiger partial charge < -0.3 is 15.2 Å². The van der Waals surface area contributed by atoms with Crippen LogP contribution in [-0.4, -0.2) is 44.8 Å². The van der Waals surface area contributed by atoms with Crippen LogP contribution in [0.25, 0.3) is 0 Å². The fourth-order valence-electron chi connectivity index (χ4n) is 8.51. The first-order valence-corrected chi connectivity index (χ1v) is 17.9. The summed E-state index contributed by atoms with van der Waals surface area (Å²) in [5, 5.41) is 14.3. The summed E-state index contributed by atoms with van der Waals surface area (Å²) < 4.78 is 118. The number of amides is 4. The SMILES string of the molecule is O=C1C2CC=C3C(CC4(Cl)C(=O)N(c5c(F)c(F)c(F)c(F)c5F)C(=O)C4(Cl)C3c3cc(OC(F)(F)F)ccc3O)C2C(=O)N1c1ccc(Nc2ccccc2)cc1. The number of alkyl halides is 5. The van der Waals surface area contributed by atoms with Gasteiger partial charge in [0, 0.05) is 22.9 Å². The predicted molar refractivity (Wildman–Crippen MR) is 190 cm³/mol. The molecule has 3 fully saturated rings. The molecule has 4 aromatic carbocycles. The average Bonchev–Trinajstić information content (AvgIpc) is 3.52. The van der Waals surface area contributed by atoms with Crippen molar-refractivity contribution in [3.63, 3.8) is 0 Å². The van der Waals surface area contributed by atoms with Crippen LogP contribution in [0.15, 0.2) is 84.4 Å². The Morgan fingerprint density at radius 3 is 1.97 bits per heavy atom. The molecular weight excluding hydrogens is 829 g/mol. The number of phenolic OH excluding ortho intramolecular Hbond substituents is 1. The van der Waals surface area contributed by atoms with Crippen molar-refractivity contribution in [3.8, 4) is 11.5 Å². The molecule has 300 valence electrons. The van der Waals surface area contributed by atoms with E-state index in [9.17, 15) is 50.6 Å². The number of hydrogen-bond donors (Lipinski definition) is 2. The lowest BCUT2D eigenvalue weighted by Gasteiger charge is -2.50. The zero-order valence-electron chi connectivity index (χ0n) is 28.9. The number of carbonyl (C=O) groups excluding carboxylic acids is 4. The van der Waals surface area contributed by atoms with Crippen molar-refractivity contribution in [1.82, 2.24) is 0 Å². The summed E-state index contributed by atoms with van der Waals surface area (Å²) in [6.07, 6.45) is -5.10. The number of hydrogen-bond acceptors (Lipinski definition) is 7. The molecule has 4 amide bonds. The van der Waals surface area contributed by atoms with E-state index in [1.54, 1.807) is 36.4 Å². The molecule has 19 heteroatoms. The summed E-state index contributed by atoms with van der Waals surface area (Å²) in [4.78, 5) is 51.6. The number of nitrogens with one attached hydrogen (secondary N) is 1. The Morgan fingerprint density at radius 2 is 1.34 bits per heavy atom. The van der Waals surface area contributed by atoms with E-state index in [-0.39, 0.29) is 17.7 Å². The number of benzene rings is 4. The fraction of sp³-hybridized carbons (Fsp3) is 0.231. The van der Waals surface area contributed by atoms with E-state index in [2.05, 4.69) is 10.1 Å². The third-order valence-electron chi connectivity index (χ3n) is 11.0. The van der Waals surface area contributed by atoms with Crippen LogP contribution in [0.5, 0.6) is 11.5 Å². The number of aromatic hydroxyl groups is 1. The van der Waals surface area contributed by atoms with Crippen molar-refractivity contribution >= 4 is 69.6 Å². The van der Waals surface area contributed by atoms with Crippen LogP contribution in [-0.2, 0) is 19.2 Å². The van der Waals surface area contributed by atoms with Gasteiger partial charge in [-0.25, -0.2) is 26.9 Å². The van der Waals surface area contributed by atoms with Gasteiger partial charge in [0.1, 0.15) is 17.2 Å². The van der Waals surface area contributed by atoms with Crippen molar-refractivity contribution in [1.29, 1.82) is 0 Å². The minimum Gasteiger partial charge on any atom is -0.508 e. The zero-order valence-corrected chi connectivity index (χ0v) is 30.4. The van der Waals surface area contributed by atoms with E-state index in [0.29, 0.717) is 23.9 Å². The lowest BCUT2D eigenvalue weighted by atomic mass is 9.56. The summed E-state index contributed by atoms with van der Waals surface area (Å²) in [6.45, 7) is 0. The number of phenols is 1. The van der Waals surface area contributed by atoms with Crippen molar-refractivity contribution in [2.75, 3.05) is 15.1 Å². The molecule has 0 aromatic heterocycles. The Balaban J connectivity index is 1.26. The Morgan fingerprint density at radius 1 is 0.741 bits per heavy atom. The number of carbonyl (C=O) groups is 4. The van der Waals surface area contributed by atoms with Gasteiger partial charge in [0.15, 0.2) is 33.0 Å². The number of anilines is 4. The number of nitrogens with zero attached hydrogens (tertiary/aromatic N) is 2. The molecule has 0 spiro atoms. The molecule has 0 bridgehead atoms. The van der Waals surface area contributed by atoms with Crippen LogP contribution in [0.1, 0.15) is 24.3 Å². The number of fused-ring (bicyclic) bond motifs is 4. The molecule has 2 aliphatic carbocycles. The average molecular weight is 853 g/mol. The molecule has 9 nitrogen and oxygen atoms in total. The lowest BCUT2D eigenvalue weighted by Crippen LogP contribution is -2.60. The molecule has 4 aromatic rings. The van der Waals surface area contributed by atoms with Crippen LogP contribution in [0.4, 0.5) is 57.9 Å². The van der Waals surface area contributed by atoms with E-state index in [1.807, 2.05) is 6.07 Å². The monoisotopic (exact) mass is 851 g/mol. The summed E-state index contributed by atoms with van der Waals surface area (Å²) >= 11 is 14.1. The normalized spacial score (nSPS) is 26.7. The first kappa shape index (κ1) is 39.2. The lowest BCUT2D eigenvalue weighted by molar-refractivity contribution is -0.274. The van der Waals surface area contributed by atoms with Crippen LogP contribution in [0, 0.1) is 46.8 Å². The quantitative estimate of drug-likeness (QED) is 0.0500. The van der Waals surface area contributed by atoms with Crippen LogP contribution >= 0.6 is 23.2 Å². The van der Waals surface area contributed by atoms with E-state index in [1.165, 1.54) is 18.2 Å². The molecular formula is C39H23Cl2F8N3O6. The van der Waals surface area contributed by atoms with Crippen LogP contribution < -0.4 is 19.9 Å². The molecule has 6 unspecified atom stereocenters. The maximum Gasteiger partial charge on any atom is 0.573 e. The van der Waals surface area contributed by atoms with Crippen molar-refractivity contribution in [2.24, 2.45) is 17.8 Å². The standard InChI is InChI=1S/C39H23Cl2F8N3O6/c40-37-15-23-20(11-12-21-25(23)34(55)51(33(21)54)18-8-6-17(7-9-18)50-16-4-2-1-3-5-16)26(22-14-19(10-13-24(22)53)58-39(47,48)49)38(37,41)36(57)52(35(37)56)32-30(45)28(43)27(42)29(44)31(32)46/h1-11,13-14,21,23,25-26,50,53H,12,15H2. The second-order valence-corrected chi connectivity index (χ2v) is 15.3. The zero-order chi connectivity index (χ0) is 41.8. The van der Waals surface area contributed by atoms with Crippen molar-refractivity contribution in [2.45, 2.75) is 34.9 Å². The number of ether oxygens (including phenoxy) is 1. The van der Waals surface area contributed by atoms with Crippen LogP contribution in [0.2, 0.25) is 0 Å². The molecule has 8 rings (SSSR count). The molecule has 6 atom stereocenters. The highest BCUT2D eigenvalue weighted by Crippen LogP contribution is 2.67. The van der Waals surface area contributed by atoms with E-state index >= 15 is 8.78 Å². The topological polar surface area (TPSA) is 116 Å². The molecule has 2 aliphatic heterocycles. The van der Waals surface area contributed by atoms with Gasteiger partial charge in [0.2, 0.25) is 17.6 Å². The largest absolute Gasteiger partial charge is 0.573 e. The number of halogens is 10. The third-order valence-corrected chi connectivity index (χ3v) is 12.4. The van der Waals surface area contributed by atoms with Gasteiger partial charge in [-0.05, 0) is 73.4 Å². The summed E-state index contributed by atoms with van der Waals surface area (Å²) in [7, 11) is 0. The number of imide groups is 2. The first-order chi connectivity index (χ1) is 27.3. The molecule has 58 heavy (non-hydrogen) atoms. The third kappa shape index (κ3) is 5.64.